The molecule has 0 aliphatic carbocycles. The zero-order valence-corrected chi connectivity index (χ0v) is 9.30. The van der Waals surface area contributed by atoms with E-state index in [1.165, 1.54) is 17.0 Å². The number of rotatable bonds is 3. The second-order valence-electron chi connectivity index (χ2n) is 4.08. The monoisotopic (exact) mass is 239 g/mol. The number of nitrogens with zero attached hydrogens (tertiary/aromatic N) is 1. The second kappa shape index (κ2) is 5.14. The molecule has 0 saturated carbocycles. The fourth-order valence-corrected chi connectivity index (χ4v) is 1.83. The summed E-state index contributed by atoms with van der Waals surface area (Å²) in [6, 6.07) is 6.10. The lowest BCUT2D eigenvalue weighted by atomic mass is 10.2. The predicted octanol–water partition coefficient (Wildman–Crippen LogP) is 2.09. The Kier molecular flexibility index (Phi) is 3.58. The number of hydrogen-bond acceptors (Lipinski definition) is 2. The average Bonchev–Trinajstić information content (AvgIpc) is 2.77. The molecule has 1 N–H and O–H groups in total. The summed E-state index contributed by atoms with van der Waals surface area (Å²) in [7, 11) is 0. The van der Waals surface area contributed by atoms with Crippen molar-refractivity contribution >= 4 is 6.09 Å². The predicted molar refractivity (Wildman–Crippen MR) is 59.2 cm³/mol. The first kappa shape index (κ1) is 11.9. The quantitative estimate of drug-likeness (QED) is 0.878. The third-order valence-electron chi connectivity index (χ3n) is 2.81. The minimum atomic E-state index is -0.905. The van der Waals surface area contributed by atoms with Crippen LogP contribution in [-0.4, -0.2) is 35.3 Å². The molecule has 0 bridgehead atoms. The number of carbonyl (C=O) groups is 1. The Labute approximate surface area is 98.6 Å². The maximum atomic E-state index is 12.7. The number of likely N-dealkylation sites (tertiary alicyclic amines) is 1. The standard InChI is InChI=1S/C12H14FNO3/c13-10-3-1-9(2-4-10)8-17-11-5-6-14(7-11)12(15)16/h1-4,11H,5-8H2,(H,15,16)/t11-/m1/s1. The van der Waals surface area contributed by atoms with Gasteiger partial charge < -0.3 is 14.7 Å². The lowest BCUT2D eigenvalue weighted by Crippen LogP contribution is -2.28. The highest BCUT2D eigenvalue weighted by Gasteiger charge is 2.26. The van der Waals surface area contributed by atoms with Crippen molar-refractivity contribution in [3.63, 3.8) is 0 Å². The van der Waals surface area contributed by atoms with Crippen LogP contribution in [0, 0.1) is 5.82 Å². The zero-order chi connectivity index (χ0) is 12.3. The summed E-state index contributed by atoms with van der Waals surface area (Å²) in [5.41, 5.74) is 0.889. The second-order valence-corrected chi connectivity index (χ2v) is 4.08. The molecule has 1 aromatic rings. The Hall–Kier alpha value is -1.62. The van der Waals surface area contributed by atoms with Crippen LogP contribution < -0.4 is 0 Å². The van der Waals surface area contributed by atoms with Gasteiger partial charge in [-0.1, -0.05) is 12.1 Å². The molecule has 1 fully saturated rings. The molecule has 1 amide bonds. The molecule has 5 heteroatoms. The van der Waals surface area contributed by atoms with Gasteiger partial charge in [0.1, 0.15) is 5.82 Å². The SMILES string of the molecule is O=C(O)N1CC[C@@H](OCc2ccc(F)cc2)C1. The number of carboxylic acid groups (broad SMARTS) is 1. The minimum Gasteiger partial charge on any atom is -0.465 e. The smallest absolute Gasteiger partial charge is 0.407 e. The summed E-state index contributed by atoms with van der Waals surface area (Å²) < 4.78 is 18.2. The Morgan fingerprint density at radius 3 is 2.76 bits per heavy atom. The van der Waals surface area contributed by atoms with E-state index in [0.29, 0.717) is 26.1 Å². The van der Waals surface area contributed by atoms with Crippen LogP contribution in [-0.2, 0) is 11.3 Å². The maximum absolute atomic E-state index is 12.7. The number of halogens is 1. The van der Waals surface area contributed by atoms with Crippen LogP contribution in [0.1, 0.15) is 12.0 Å². The fraction of sp³-hybridized carbons (Fsp3) is 0.417. The lowest BCUT2D eigenvalue weighted by Gasteiger charge is -2.13. The topological polar surface area (TPSA) is 49.8 Å². The maximum Gasteiger partial charge on any atom is 0.407 e. The van der Waals surface area contributed by atoms with Crippen molar-refractivity contribution in [3.05, 3.63) is 35.6 Å². The molecule has 0 unspecified atom stereocenters. The van der Waals surface area contributed by atoms with Gasteiger partial charge in [-0.25, -0.2) is 9.18 Å². The van der Waals surface area contributed by atoms with Gasteiger partial charge in [-0.3, -0.25) is 0 Å². The molecule has 0 aromatic heterocycles. The highest BCUT2D eigenvalue weighted by atomic mass is 19.1. The van der Waals surface area contributed by atoms with Gasteiger partial charge in [0.05, 0.1) is 19.3 Å². The molecule has 0 radical (unpaired) electrons. The molecule has 1 heterocycles. The Bertz CT molecular complexity index is 393. The van der Waals surface area contributed by atoms with E-state index in [1.54, 1.807) is 12.1 Å². The van der Waals surface area contributed by atoms with Crippen molar-refractivity contribution < 1.29 is 19.0 Å². The van der Waals surface area contributed by atoms with Crippen LogP contribution in [0.15, 0.2) is 24.3 Å². The van der Waals surface area contributed by atoms with Crippen molar-refractivity contribution in [3.8, 4) is 0 Å². The lowest BCUT2D eigenvalue weighted by molar-refractivity contribution is 0.0466. The summed E-state index contributed by atoms with van der Waals surface area (Å²) in [4.78, 5) is 12.0. The summed E-state index contributed by atoms with van der Waals surface area (Å²) >= 11 is 0. The van der Waals surface area contributed by atoms with Crippen LogP contribution >= 0.6 is 0 Å². The van der Waals surface area contributed by atoms with E-state index in [2.05, 4.69) is 0 Å². The van der Waals surface area contributed by atoms with Crippen LogP contribution in [0.3, 0.4) is 0 Å². The molecule has 92 valence electrons. The van der Waals surface area contributed by atoms with Gasteiger partial charge in [0.15, 0.2) is 0 Å². The molecule has 1 saturated heterocycles. The van der Waals surface area contributed by atoms with Crippen molar-refractivity contribution in [1.29, 1.82) is 0 Å². The van der Waals surface area contributed by atoms with Gasteiger partial charge in [-0.15, -0.1) is 0 Å². The van der Waals surface area contributed by atoms with Gasteiger partial charge in [0.25, 0.3) is 0 Å². The number of hydrogen-bond donors (Lipinski definition) is 1. The largest absolute Gasteiger partial charge is 0.465 e. The van der Waals surface area contributed by atoms with Gasteiger partial charge >= 0.3 is 6.09 Å². The number of amides is 1. The molecular formula is C12H14FNO3. The van der Waals surface area contributed by atoms with Gasteiger partial charge in [-0.2, -0.15) is 0 Å². The molecule has 1 aromatic carbocycles. The normalized spacial score (nSPS) is 19.6. The molecule has 1 aliphatic rings. The van der Waals surface area contributed by atoms with Gasteiger partial charge in [-0.05, 0) is 24.1 Å². The summed E-state index contributed by atoms with van der Waals surface area (Å²) in [5, 5.41) is 8.78. The highest BCUT2D eigenvalue weighted by molar-refractivity contribution is 5.65. The summed E-state index contributed by atoms with van der Waals surface area (Å²) in [6.07, 6.45) is -0.248. The van der Waals surface area contributed by atoms with E-state index >= 15 is 0 Å². The van der Waals surface area contributed by atoms with Gasteiger partial charge in [0.2, 0.25) is 0 Å². The van der Waals surface area contributed by atoms with Crippen molar-refractivity contribution in [2.45, 2.75) is 19.1 Å². The number of ether oxygens (including phenoxy) is 1. The Morgan fingerprint density at radius 2 is 2.18 bits per heavy atom. The Balaban J connectivity index is 1.80. The van der Waals surface area contributed by atoms with Crippen LogP contribution in [0.25, 0.3) is 0 Å². The summed E-state index contributed by atoms with van der Waals surface area (Å²) in [6.45, 7) is 1.32. The van der Waals surface area contributed by atoms with Gasteiger partial charge in [0, 0.05) is 6.54 Å². The van der Waals surface area contributed by atoms with Crippen LogP contribution in [0.4, 0.5) is 9.18 Å². The van der Waals surface area contributed by atoms with E-state index in [4.69, 9.17) is 9.84 Å². The first-order valence-electron chi connectivity index (χ1n) is 5.49. The van der Waals surface area contributed by atoms with Crippen LogP contribution in [0.5, 0.6) is 0 Å². The minimum absolute atomic E-state index is 0.0591. The Morgan fingerprint density at radius 1 is 1.47 bits per heavy atom. The molecule has 17 heavy (non-hydrogen) atoms. The van der Waals surface area contributed by atoms with E-state index in [1.807, 2.05) is 0 Å². The van der Waals surface area contributed by atoms with E-state index in [0.717, 1.165) is 5.56 Å². The van der Waals surface area contributed by atoms with E-state index in [9.17, 15) is 9.18 Å². The van der Waals surface area contributed by atoms with E-state index in [-0.39, 0.29) is 11.9 Å². The van der Waals surface area contributed by atoms with Crippen molar-refractivity contribution in [1.82, 2.24) is 4.90 Å². The average molecular weight is 239 g/mol. The first-order valence-corrected chi connectivity index (χ1v) is 5.49. The number of benzene rings is 1. The van der Waals surface area contributed by atoms with Crippen molar-refractivity contribution in [2.24, 2.45) is 0 Å². The zero-order valence-electron chi connectivity index (χ0n) is 9.30. The summed E-state index contributed by atoms with van der Waals surface area (Å²) in [5.74, 6) is -0.272. The highest BCUT2D eigenvalue weighted by Crippen LogP contribution is 2.15. The fourth-order valence-electron chi connectivity index (χ4n) is 1.83. The molecule has 1 aliphatic heterocycles. The molecular weight excluding hydrogens is 225 g/mol. The third-order valence-corrected chi connectivity index (χ3v) is 2.81. The van der Waals surface area contributed by atoms with Crippen molar-refractivity contribution in [2.75, 3.05) is 13.1 Å². The molecule has 4 nitrogen and oxygen atoms in total. The first-order chi connectivity index (χ1) is 8.15. The van der Waals surface area contributed by atoms with Crippen LogP contribution in [0.2, 0.25) is 0 Å². The van der Waals surface area contributed by atoms with E-state index < -0.39 is 6.09 Å². The molecule has 2 rings (SSSR count). The third kappa shape index (κ3) is 3.17. The molecule has 0 spiro atoms. The molecule has 1 atom stereocenters.